The first kappa shape index (κ1) is 19.3. The number of ether oxygens (including phenoxy) is 2. The Balaban J connectivity index is 2.09. The molecule has 2 rings (SSSR count). The standard InChI is InChI=1S/C20H24N2O4/c1-14-7-5-6-8-16(14)12-22(15(2)23)13-20(24)21-18-10-9-17(25-3)11-19(18)26-4/h5-11H,12-13H2,1-4H3,(H,21,24). The van der Waals surface area contributed by atoms with E-state index in [1.807, 2.05) is 31.2 Å². The topological polar surface area (TPSA) is 67.9 Å². The minimum Gasteiger partial charge on any atom is -0.497 e. The molecule has 1 N–H and O–H groups in total. The number of hydrogen-bond acceptors (Lipinski definition) is 4. The molecule has 0 heterocycles. The fraction of sp³-hybridized carbons (Fsp3) is 0.300. The van der Waals surface area contributed by atoms with Crippen molar-refractivity contribution in [1.29, 1.82) is 0 Å². The minimum atomic E-state index is -0.294. The Morgan fingerprint density at radius 2 is 1.81 bits per heavy atom. The van der Waals surface area contributed by atoms with Crippen LogP contribution in [0.2, 0.25) is 0 Å². The number of benzene rings is 2. The van der Waals surface area contributed by atoms with Crippen LogP contribution in [0.25, 0.3) is 0 Å². The van der Waals surface area contributed by atoms with Crippen molar-refractivity contribution in [1.82, 2.24) is 4.90 Å². The lowest BCUT2D eigenvalue weighted by molar-refractivity contribution is -0.133. The maximum Gasteiger partial charge on any atom is 0.244 e. The van der Waals surface area contributed by atoms with Crippen LogP contribution < -0.4 is 14.8 Å². The molecule has 0 saturated heterocycles. The average molecular weight is 356 g/mol. The minimum absolute atomic E-state index is 0.0428. The Labute approximate surface area is 153 Å². The van der Waals surface area contributed by atoms with Gasteiger partial charge in [0.2, 0.25) is 11.8 Å². The van der Waals surface area contributed by atoms with E-state index in [4.69, 9.17) is 9.47 Å². The number of aryl methyl sites for hydroxylation is 1. The lowest BCUT2D eigenvalue weighted by Crippen LogP contribution is -2.36. The second-order valence-electron chi connectivity index (χ2n) is 5.92. The van der Waals surface area contributed by atoms with Gasteiger partial charge in [-0.25, -0.2) is 0 Å². The normalized spacial score (nSPS) is 10.2. The van der Waals surface area contributed by atoms with Gasteiger partial charge in [-0.2, -0.15) is 0 Å². The van der Waals surface area contributed by atoms with Gasteiger partial charge in [0.15, 0.2) is 0 Å². The number of anilines is 1. The molecule has 0 aliphatic rings. The molecule has 0 saturated carbocycles. The summed E-state index contributed by atoms with van der Waals surface area (Å²) in [7, 11) is 3.08. The molecule has 0 unspecified atom stereocenters. The molecule has 138 valence electrons. The Kier molecular flexibility index (Phi) is 6.60. The van der Waals surface area contributed by atoms with Crippen LogP contribution in [-0.4, -0.2) is 37.5 Å². The maximum atomic E-state index is 12.4. The quantitative estimate of drug-likeness (QED) is 0.828. The zero-order valence-electron chi connectivity index (χ0n) is 15.5. The Bertz CT molecular complexity index is 789. The first-order chi connectivity index (χ1) is 12.4. The van der Waals surface area contributed by atoms with Crippen LogP contribution in [-0.2, 0) is 16.1 Å². The fourth-order valence-electron chi connectivity index (χ4n) is 2.54. The molecule has 26 heavy (non-hydrogen) atoms. The molecule has 6 heteroatoms. The van der Waals surface area contributed by atoms with Gasteiger partial charge in [-0.1, -0.05) is 24.3 Å². The molecule has 0 atom stereocenters. The number of nitrogens with one attached hydrogen (secondary N) is 1. The highest BCUT2D eigenvalue weighted by atomic mass is 16.5. The highest BCUT2D eigenvalue weighted by molar-refractivity contribution is 5.95. The summed E-state index contributed by atoms with van der Waals surface area (Å²) < 4.78 is 10.4. The van der Waals surface area contributed by atoms with Crippen molar-refractivity contribution in [2.45, 2.75) is 20.4 Å². The summed E-state index contributed by atoms with van der Waals surface area (Å²) in [4.78, 5) is 25.9. The first-order valence-corrected chi connectivity index (χ1v) is 8.26. The highest BCUT2D eigenvalue weighted by Gasteiger charge is 2.16. The number of nitrogens with zero attached hydrogens (tertiary/aromatic N) is 1. The third-order valence-electron chi connectivity index (χ3n) is 4.09. The average Bonchev–Trinajstić information content (AvgIpc) is 2.63. The van der Waals surface area contributed by atoms with Gasteiger partial charge in [0.05, 0.1) is 19.9 Å². The Morgan fingerprint density at radius 1 is 1.08 bits per heavy atom. The van der Waals surface area contributed by atoms with E-state index < -0.39 is 0 Å². The summed E-state index contributed by atoms with van der Waals surface area (Å²) >= 11 is 0. The zero-order chi connectivity index (χ0) is 19.1. The van der Waals surface area contributed by atoms with Gasteiger partial charge in [0.25, 0.3) is 0 Å². The van der Waals surface area contributed by atoms with E-state index in [1.54, 1.807) is 25.3 Å². The van der Waals surface area contributed by atoms with Crippen LogP contribution in [0, 0.1) is 6.92 Å². The molecular weight excluding hydrogens is 332 g/mol. The van der Waals surface area contributed by atoms with Crippen LogP contribution in [0.5, 0.6) is 11.5 Å². The zero-order valence-corrected chi connectivity index (χ0v) is 15.5. The SMILES string of the molecule is COc1ccc(NC(=O)CN(Cc2ccccc2C)C(C)=O)c(OC)c1. The van der Waals surface area contributed by atoms with E-state index in [9.17, 15) is 9.59 Å². The summed E-state index contributed by atoms with van der Waals surface area (Å²) in [6.45, 7) is 3.78. The molecule has 6 nitrogen and oxygen atoms in total. The van der Waals surface area contributed by atoms with E-state index >= 15 is 0 Å². The van der Waals surface area contributed by atoms with Gasteiger partial charge in [-0.15, -0.1) is 0 Å². The van der Waals surface area contributed by atoms with Crippen molar-refractivity contribution in [3.05, 3.63) is 53.6 Å². The fourth-order valence-corrected chi connectivity index (χ4v) is 2.54. The molecule has 2 aromatic rings. The van der Waals surface area contributed by atoms with Crippen molar-refractivity contribution in [3.8, 4) is 11.5 Å². The molecule has 0 bridgehead atoms. The van der Waals surface area contributed by atoms with Gasteiger partial charge >= 0.3 is 0 Å². The second kappa shape index (κ2) is 8.89. The predicted molar refractivity (Wildman–Crippen MR) is 100 cm³/mol. The summed E-state index contributed by atoms with van der Waals surface area (Å²) in [5, 5.41) is 2.79. The number of hydrogen-bond donors (Lipinski definition) is 1. The van der Waals surface area contributed by atoms with E-state index in [1.165, 1.54) is 18.9 Å². The van der Waals surface area contributed by atoms with Crippen LogP contribution >= 0.6 is 0 Å². The van der Waals surface area contributed by atoms with Crippen molar-refractivity contribution < 1.29 is 19.1 Å². The molecule has 0 aliphatic carbocycles. The first-order valence-electron chi connectivity index (χ1n) is 8.26. The van der Waals surface area contributed by atoms with Crippen LogP contribution in [0.1, 0.15) is 18.1 Å². The second-order valence-corrected chi connectivity index (χ2v) is 5.92. The van der Waals surface area contributed by atoms with Gasteiger partial charge in [0.1, 0.15) is 18.0 Å². The Morgan fingerprint density at radius 3 is 2.42 bits per heavy atom. The van der Waals surface area contributed by atoms with Crippen molar-refractivity contribution >= 4 is 17.5 Å². The number of carbonyl (C=O) groups excluding carboxylic acids is 2. The van der Waals surface area contributed by atoms with Crippen LogP contribution in [0.4, 0.5) is 5.69 Å². The largest absolute Gasteiger partial charge is 0.497 e. The molecule has 0 fully saturated rings. The van der Waals surface area contributed by atoms with Crippen molar-refractivity contribution in [3.63, 3.8) is 0 Å². The lowest BCUT2D eigenvalue weighted by Gasteiger charge is -2.22. The molecular formula is C20H24N2O4. The number of methoxy groups -OCH3 is 2. The van der Waals surface area contributed by atoms with E-state index in [2.05, 4.69) is 5.32 Å². The molecule has 2 aromatic carbocycles. The third kappa shape index (κ3) is 4.99. The van der Waals surface area contributed by atoms with Gasteiger partial charge in [-0.3, -0.25) is 9.59 Å². The summed E-state index contributed by atoms with van der Waals surface area (Å²) in [5.74, 6) is 0.665. The molecule has 0 aromatic heterocycles. The number of amides is 2. The van der Waals surface area contributed by atoms with E-state index in [-0.39, 0.29) is 18.4 Å². The smallest absolute Gasteiger partial charge is 0.244 e. The van der Waals surface area contributed by atoms with Crippen molar-refractivity contribution in [2.24, 2.45) is 0 Å². The molecule has 0 aliphatic heterocycles. The number of rotatable bonds is 7. The van der Waals surface area contributed by atoms with Gasteiger partial charge in [-0.05, 0) is 30.2 Å². The molecule has 2 amide bonds. The third-order valence-corrected chi connectivity index (χ3v) is 4.09. The highest BCUT2D eigenvalue weighted by Crippen LogP contribution is 2.29. The molecule has 0 spiro atoms. The predicted octanol–water partition coefficient (Wildman–Crippen LogP) is 3.00. The Hall–Kier alpha value is -3.02. The summed E-state index contributed by atoms with van der Waals surface area (Å²) in [5.41, 5.74) is 2.62. The van der Waals surface area contributed by atoms with Crippen LogP contribution in [0.3, 0.4) is 0 Å². The van der Waals surface area contributed by atoms with E-state index in [0.29, 0.717) is 23.7 Å². The van der Waals surface area contributed by atoms with Crippen molar-refractivity contribution in [2.75, 3.05) is 26.1 Å². The van der Waals surface area contributed by atoms with E-state index in [0.717, 1.165) is 11.1 Å². The van der Waals surface area contributed by atoms with Gasteiger partial charge < -0.3 is 19.7 Å². The van der Waals surface area contributed by atoms with Gasteiger partial charge in [0, 0.05) is 19.5 Å². The number of carbonyl (C=O) groups is 2. The van der Waals surface area contributed by atoms with Crippen LogP contribution in [0.15, 0.2) is 42.5 Å². The monoisotopic (exact) mass is 356 g/mol. The maximum absolute atomic E-state index is 12.4. The summed E-state index contributed by atoms with van der Waals surface area (Å²) in [6, 6.07) is 12.9. The summed E-state index contributed by atoms with van der Waals surface area (Å²) in [6.07, 6.45) is 0. The lowest BCUT2D eigenvalue weighted by atomic mass is 10.1. The molecule has 0 radical (unpaired) electrons.